The summed E-state index contributed by atoms with van der Waals surface area (Å²) in [6.45, 7) is 4.42. The second-order valence-corrected chi connectivity index (χ2v) is 10.3. The van der Waals surface area contributed by atoms with Crippen LogP contribution in [0.4, 0.5) is 4.79 Å². The molecule has 0 unspecified atom stereocenters. The number of nitrogens with one attached hydrogen (secondary N) is 1. The standard InChI is InChI=1S/C24H32N2O7S/c1-2-3-18-31-21-9-11-22(12-10-21)34(29,30)24(33-23(27)25-28)13-15-26(16-14-24)17-19-32-20-7-5-4-6-8-20/h4-12,28H,2-3,13-19H2,1H3,(H,25,27). The lowest BCUT2D eigenvalue weighted by molar-refractivity contribution is -0.0000491. The average Bonchev–Trinajstić information content (AvgIpc) is 2.86. The van der Waals surface area contributed by atoms with Gasteiger partial charge in [-0.25, -0.2) is 18.7 Å². The van der Waals surface area contributed by atoms with E-state index in [1.54, 1.807) is 12.1 Å². The van der Waals surface area contributed by atoms with Crippen molar-refractivity contribution in [2.24, 2.45) is 0 Å². The molecule has 0 spiro atoms. The van der Waals surface area contributed by atoms with E-state index in [4.69, 9.17) is 19.4 Å². The Hall–Kier alpha value is -2.82. The van der Waals surface area contributed by atoms with Crippen LogP contribution in [-0.4, -0.2) is 62.4 Å². The number of hydrogen-bond acceptors (Lipinski definition) is 8. The number of hydrogen-bond donors (Lipinski definition) is 2. The molecule has 1 amide bonds. The third-order valence-electron chi connectivity index (χ3n) is 5.80. The van der Waals surface area contributed by atoms with Crippen molar-refractivity contribution in [3.8, 4) is 11.5 Å². The minimum absolute atomic E-state index is 0.0296. The summed E-state index contributed by atoms with van der Waals surface area (Å²) in [4.78, 5) is 12.2. The monoisotopic (exact) mass is 492 g/mol. The summed E-state index contributed by atoms with van der Waals surface area (Å²) in [5.41, 5.74) is 1.38. The highest BCUT2D eigenvalue weighted by atomic mass is 32.2. The molecule has 1 saturated heterocycles. The number of benzene rings is 2. The smallest absolute Gasteiger partial charge is 0.432 e. The molecule has 1 heterocycles. The summed E-state index contributed by atoms with van der Waals surface area (Å²) in [7, 11) is -4.07. The fraction of sp³-hybridized carbons (Fsp3) is 0.458. The van der Waals surface area contributed by atoms with Gasteiger partial charge >= 0.3 is 6.09 Å². The Morgan fingerprint density at radius 3 is 2.24 bits per heavy atom. The first-order valence-electron chi connectivity index (χ1n) is 11.4. The summed E-state index contributed by atoms with van der Waals surface area (Å²) < 4.78 is 43.8. The van der Waals surface area contributed by atoms with Gasteiger partial charge in [0.25, 0.3) is 0 Å². The Balaban J connectivity index is 1.67. The van der Waals surface area contributed by atoms with E-state index in [1.807, 2.05) is 30.3 Å². The minimum Gasteiger partial charge on any atom is -0.494 e. The maximum atomic E-state index is 13.6. The molecule has 186 valence electrons. The van der Waals surface area contributed by atoms with E-state index < -0.39 is 20.9 Å². The average molecular weight is 493 g/mol. The molecule has 0 aromatic heterocycles. The Morgan fingerprint density at radius 1 is 1.00 bits per heavy atom. The number of hydroxylamine groups is 1. The maximum Gasteiger partial charge on any atom is 0.432 e. The number of para-hydroxylation sites is 1. The SMILES string of the molecule is CCCCOc1ccc(S(=O)(=O)C2(OC(=O)NO)CCN(CCOc3ccccc3)CC2)cc1. The lowest BCUT2D eigenvalue weighted by Gasteiger charge is -2.40. The number of likely N-dealkylation sites (tertiary alicyclic amines) is 1. The number of carbonyl (C=O) groups is 1. The van der Waals surface area contributed by atoms with Crippen LogP contribution in [0.1, 0.15) is 32.6 Å². The summed E-state index contributed by atoms with van der Waals surface area (Å²) in [6, 6.07) is 15.5. The van der Waals surface area contributed by atoms with E-state index in [2.05, 4.69) is 11.8 Å². The third kappa shape index (κ3) is 6.40. The van der Waals surface area contributed by atoms with Crippen LogP contribution < -0.4 is 15.0 Å². The van der Waals surface area contributed by atoms with Crippen molar-refractivity contribution >= 4 is 15.9 Å². The molecule has 0 saturated carbocycles. The Bertz CT molecular complexity index is 1010. The first kappa shape index (κ1) is 25.8. The molecule has 34 heavy (non-hydrogen) atoms. The number of piperidine rings is 1. The number of amides is 1. The largest absolute Gasteiger partial charge is 0.494 e. The molecule has 2 aromatic carbocycles. The molecule has 0 radical (unpaired) electrons. The fourth-order valence-electron chi connectivity index (χ4n) is 3.81. The molecule has 0 atom stereocenters. The first-order chi connectivity index (χ1) is 16.4. The topological polar surface area (TPSA) is 114 Å². The second-order valence-electron chi connectivity index (χ2n) is 8.09. The van der Waals surface area contributed by atoms with E-state index in [0.29, 0.717) is 38.6 Å². The van der Waals surface area contributed by atoms with Crippen LogP contribution in [0.3, 0.4) is 0 Å². The predicted molar refractivity (Wildman–Crippen MR) is 126 cm³/mol. The van der Waals surface area contributed by atoms with E-state index >= 15 is 0 Å². The van der Waals surface area contributed by atoms with Crippen molar-refractivity contribution in [3.05, 3.63) is 54.6 Å². The van der Waals surface area contributed by atoms with Gasteiger partial charge in [0.05, 0.1) is 11.5 Å². The Labute approximate surface area is 200 Å². The van der Waals surface area contributed by atoms with Gasteiger partial charge in [-0.05, 0) is 42.8 Å². The van der Waals surface area contributed by atoms with Crippen LogP contribution in [0, 0.1) is 0 Å². The normalized spacial score (nSPS) is 15.9. The van der Waals surface area contributed by atoms with Crippen molar-refractivity contribution in [1.29, 1.82) is 0 Å². The summed E-state index contributed by atoms with van der Waals surface area (Å²) >= 11 is 0. The van der Waals surface area contributed by atoms with Crippen LogP contribution in [0.5, 0.6) is 11.5 Å². The van der Waals surface area contributed by atoms with Gasteiger partial charge in [-0.15, -0.1) is 0 Å². The van der Waals surface area contributed by atoms with Gasteiger partial charge < -0.3 is 14.2 Å². The molecule has 1 aliphatic rings. The van der Waals surface area contributed by atoms with Crippen molar-refractivity contribution in [2.75, 3.05) is 32.8 Å². The predicted octanol–water partition coefficient (Wildman–Crippen LogP) is 3.63. The summed E-state index contributed by atoms with van der Waals surface area (Å²) in [5.74, 6) is 1.34. The molecule has 9 nitrogen and oxygen atoms in total. The van der Waals surface area contributed by atoms with E-state index in [-0.39, 0.29) is 17.7 Å². The highest BCUT2D eigenvalue weighted by Gasteiger charge is 2.50. The Kier molecular flexibility index (Phi) is 9.14. The van der Waals surface area contributed by atoms with E-state index in [0.717, 1.165) is 18.6 Å². The van der Waals surface area contributed by atoms with Crippen molar-refractivity contribution in [2.45, 2.75) is 42.4 Å². The zero-order valence-electron chi connectivity index (χ0n) is 19.3. The number of rotatable bonds is 11. The van der Waals surface area contributed by atoms with Gasteiger partial charge in [0, 0.05) is 32.5 Å². The van der Waals surface area contributed by atoms with Crippen molar-refractivity contribution < 1.29 is 32.6 Å². The molecule has 1 fully saturated rings. The van der Waals surface area contributed by atoms with Gasteiger partial charge in [0.1, 0.15) is 18.1 Å². The van der Waals surface area contributed by atoms with E-state index in [9.17, 15) is 13.2 Å². The van der Waals surface area contributed by atoms with Crippen LogP contribution in [0.15, 0.2) is 59.5 Å². The summed E-state index contributed by atoms with van der Waals surface area (Å²) in [5, 5.41) is 8.97. The molecule has 0 aliphatic carbocycles. The van der Waals surface area contributed by atoms with Crippen molar-refractivity contribution in [3.63, 3.8) is 0 Å². The van der Waals surface area contributed by atoms with Gasteiger partial charge in [0.15, 0.2) is 0 Å². The molecule has 3 rings (SSSR count). The lowest BCUT2D eigenvalue weighted by Crippen LogP contribution is -2.53. The molecular weight excluding hydrogens is 460 g/mol. The molecule has 2 aromatic rings. The molecule has 10 heteroatoms. The van der Waals surface area contributed by atoms with Crippen LogP contribution in [0.2, 0.25) is 0 Å². The third-order valence-corrected chi connectivity index (χ3v) is 8.16. The van der Waals surface area contributed by atoms with Crippen LogP contribution in [0.25, 0.3) is 0 Å². The van der Waals surface area contributed by atoms with Crippen LogP contribution in [-0.2, 0) is 14.6 Å². The van der Waals surface area contributed by atoms with Gasteiger partial charge in [-0.1, -0.05) is 31.5 Å². The molecule has 0 bridgehead atoms. The first-order valence-corrected chi connectivity index (χ1v) is 12.9. The van der Waals surface area contributed by atoms with Crippen LogP contribution >= 0.6 is 0 Å². The highest BCUT2D eigenvalue weighted by Crippen LogP contribution is 2.37. The van der Waals surface area contributed by atoms with Gasteiger partial charge in [-0.2, -0.15) is 0 Å². The number of nitrogens with zero attached hydrogens (tertiary/aromatic N) is 1. The number of unbranched alkanes of at least 4 members (excludes halogenated alkanes) is 1. The van der Waals surface area contributed by atoms with E-state index in [1.165, 1.54) is 17.6 Å². The minimum atomic E-state index is -4.07. The summed E-state index contributed by atoms with van der Waals surface area (Å²) in [6.07, 6.45) is 0.810. The lowest BCUT2D eigenvalue weighted by atomic mass is 10.1. The number of ether oxygens (including phenoxy) is 3. The quantitative estimate of drug-likeness (QED) is 0.278. The number of sulfone groups is 1. The Morgan fingerprint density at radius 2 is 1.62 bits per heavy atom. The molecular formula is C24H32N2O7S. The van der Waals surface area contributed by atoms with Gasteiger partial charge in [0.2, 0.25) is 14.8 Å². The molecule has 1 aliphatic heterocycles. The zero-order chi connectivity index (χ0) is 24.4. The zero-order valence-corrected chi connectivity index (χ0v) is 20.1. The maximum absolute atomic E-state index is 13.6. The second kappa shape index (κ2) is 12.0. The number of carbonyl (C=O) groups excluding carboxylic acids is 1. The van der Waals surface area contributed by atoms with Gasteiger partial charge in [-0.3, -0.25) is 10.1 Å². The van der Waals surface area contributed by atoms with Crippen molar-refractivity contribution in [1.82, 2.24) is 10.4 Å². The highest BCUT2D eigenvalue weighted by molar-refractivity contribution is 7.92. The fourth-order valence-corrected chi connectivity index (χ4v) is 5.64. The molecule has 2 N–H and O–H groups in total.